The second kappa shape index (κ2) is 4.78. The molecule has 1 aromatic carbocycles. The van der Waals surface area contributed by atoms with Crippen LogP contribution in [0.15, 0.2) is 39.6 Å². The molecule has 1 unspecified atom stereocenters. The normalized spacial score (nSPS) is 15.2. The molecule has 18 heavy (non-hydrogen) atoms. The Balaban J connectivity index is 1.89. The zero-order valence-electron chi connectivity index (χ0n) is 9.86. The molecule has 0 saturated carbocycles. The molecule has 0 aliphatic carbocycles. The van der Waals surface area contributed by atoms with Crippen molar-refractivity contribution in [1.82, 2.24) is 0 Å². The molecule has 4 heteroatoms. The summed E-state index contributed by atoms with van der Waals surface area (Å²) in [5.41, 5.74) is 9.62. The third kappa shape index (κ3) is 2.18. The fourth-order valence-corrected chi connectivity index (χ4v) is 2.89. The van der Waals surface area contributed by atoms with Gasteiger partial charge in [-0.15, -0.1) is 0 Å². The van der Waals surface area contributed by atoms with Crippen molar-refractivity contribution in [3.05, 3.63) is 51.9 Å². The maximum absolute atomic E-state index is 6.18. The number of fused-ring (bicyclic) bond motifs is 1. The number of hydrogen-bond donors (Lipinski definition) is 1. The van der Waals surface area contributed by atoms with Gasteiger partial charge in [-0.25, -0.2) is 0 Å². The SMILES string of the molecule is NC(Cc1cc(Br)cc2c1OCC2)c1ccoc1. The molecule has 0 bridgehead atoms. The van der Waals surface area contributed by atoms with Gasteiger partial charge in [0.1, 0.15) is 5.75 Å². The summed E-state index contributed by atoms with van der Waals surface area (Å²) in [6.45, 7) is 0.764. The lowest BCUT2D eigenvalue weighted by Crippen LogP contribution is -2.13. The van der Waals surface area contributed by atoms with Gasteiger partial charge in [-0.3, -0.25) is 0 Å². The average molecular weight is 308 g/mol. The fraction of sp³-hybridized carbons (Fsp3) is 0.286. The highest BCUT2D eigenvalue weighted by Gasteiger charge is 2.19. The lowest BCUT2D eigenvalue weighted by molar-refractivity contribution is 0.352. The van der Waals surface area contributed by atoms with Crippen LogP contribution in [-0.2, 0) is 12.8 Å². The van der Waals surface area contributed by atoms with Gasteiger partial charge < -0.3 is 14.9 Å². The van der Waals surface area contributed by atoms with Crippen LogP contribution in [0.5, 0.6) is 5.75 Å². The third-order valence-corrected chi connectivity index (χ3v) is 3.69. The topological polar surface area (TPSA) is 48.4 Å². The maximum Gasteiger partial charge on any atom is 0.125 e. The maximum atomic E-state index is 6.18. The molecular formula is C14H14BrNO2. The Morgan fingerprint density at radius 3 is 3.06 bits per heavy atom. The molecule has 1 aliphatic heterocycles. The molecule has 2 N–H and O–H groups in total. The van der Waals surface area contributed by atoms with Gasteiger partial charge in [-0.05, 0) is 35.7 Å². The van der Waals surface area contributed by atoms with Crippen molar-refractivity contribution in [2.45, 2.75) is 18.9 Å². The number of benzene rings is 1. The Morgan fingerprint density at radius 1 is 1.39 bits per heavy atom. The Morgan fingerprint density at radius 2 is 2.28 bits per heavy atom. The number of hydrogen-bond acceptors (Lipinski definition) is 3. The minimum atomic E-state index is -0.0636. The van der Waals surface area contributed by atoms with E-state index in [0.717, 1.165) is 40.8 Å². The van der Waals surface area contributed by atoms with Crippen molar-refractivity contribution < 1.29 is 9.15 Å². The standard InChI is InChI=1S/C14H14BrNO2/c15-12-5-9-2-4-18-14(9)11(6-12)7-13(16)10-1-3-17-8-10/h1,3,5-6,8,13H,2,4,7,16H2. The quantitative estimate of drug-likeness (QED) is 0.947. The van der Waals surface area contributed by atoms with E-state index < -0.39 is 0 Å². The number of rotatable bonds is 3. The monoisotopic (exact) mass is 307 g/mol. The van der Waals surface area contributed by atoms with E-state index in [1.165, 1.54) is 5.56 Å². The summed E-state index contributed by atoms with van der Waals surface area (Å²) >= 11 is 3.54. The van der Waals surface area contributed by atoms with E-state index in [-0.39, 0.29) is 6.04 Å². The lowest BCUT2D eigenvalue weighted by atomic mass is 9.99. The Bertz CT molecular complexity index is 551. The summed E-state index contributed by atoms with van der Waals surface area (Å²) in [4.78, 5) is 0. The minimum Gasteiger partial charge on any atom is -0.493 e. The van der Waals surface area contributed by atoms with E-state index in [2.05, 4.69) is 28.1 Å². The average Bonchev–Trinajstić information content (AvgIpc) is 2.98. The molecule has 0 radical (unpaired) electrons. The van der Waals surface area contributed by atoms with E-state index in [4.69, 9.17) is 14.9 Å². The number of halogens is 1. The summed E-state index contributed by atoms with van der Waals surface area (Å²) in [6.07, 6.45) is 5.07. The molecule has 2 aromatic rings. The van der Waals surface area contributed by atoms with Crippen LogP contribution in [0, 0.1) is 0 Å². The van der Waals surface area contributed by atoms with Gasteiger partial charge in [-0.1, -0.05) is 15.9 Å². The molecule has 0 saturated heterocycles. The van der Waals surface area contributed by atoms with Gasteiger partial charge in [0.05, 0.1) is 19.1 Å². The van der Waals surface area contributed by atoms with Crippen molar-refractivity contribution >= 4 is 15.9 Å². The summed E-state index contributed by atoms with van der Waals surface area (Å²) in [6, 6.07) is 6.05. The van der Waals surface area contributed by atoms with Gasteiger partial charge in [-0.2, -0.15) is 0 Å². The molecular weight excluding hydrogens is 294 g/mol. The van der Waals surface area contributed by atoms with Crippen LogP contribution in [0.2, 0.25) is 0 Å². The van der Waals surface area contributed by atoms with Gasteiger partial charge >= 0.3 is 0 Å². The van der Waals surface area contributed by atoms with Gasteiger partial charge in [0.15, 0.2) is 0 Å². The smallest absolute Gasteiger partial charge is 0.125 e. The second-order valence-electron chi connectivity index (χ2n) is 4.52. The molecule has 0 amide bonds. The molecule has 3 rings (SSSR count). The molecule has 0 spiro atoms. The molecule has 0 fully saturated rings. The van der Waals surface area contributed by atoms with Crippen LogP contribution >= 0.6 is 15.9 Å². The predicted octanol–water partition coefficient (Wildman–Crippen LogP) is 3.22. The zero-order valence-corrected chi connectivity index (χ0v) is 11.4. The Labute approximate surface area is 114 Å². The van der Waals surface area contributed by atoms with Crippen LogP contribution < -0.4 is 10.5 Å². The first kappa shape index (κ1) is 11.8. The minimum absolute atomic E-state index is 0.0636. The van der Waals surface area contributed by atoms with E-state index in [9.17, 15) is 0 Å². The highest BCUT2D eigenvalue weighted by molar-refractivity contribution is 9.10. The van der Waals surface area contributed by atoms with Crippen molar-refractivity contribution in [2.75, 3.05) is 6.61 Å². The summed E-state index contributed by atoms with van der Waals surface area (Å²) < 4.78 is 11.9. The molecule has 1 aliphatic rings. The van der Waals surface area contributed by atoms with Crippen LogP contribution in [-0.4, -0.2) is 6.61 Å². The first-order valence-electron chi connectivity index (χ1n) is 5.96. The summed E-state index contributed by atoms with van der Waals surface area (Å²) in [7, 11) is 0. The molecule has 2 heterocycles. The van der Waals surface area contributed by atoms with Crippen LogP contribution in [0.4, 0.5) is 0 Å². The van der Waals surface area contributed by atoms with Crippen molar-refractivity contribution in [3.63, 3.8) is 0 Å². The van der Waals surface area contributed by atoms with Crippen LogP contribution in [0.25, 0.3) is 0 Å². The van der Waals surface area contributed by atoms with E-state index >= 15 is 0 Å². The highest BCUT2D eigenvalue weighted by atomic mass is 79.9. The fourth-order valence-electron chi connectivity index (χ4n) is 2.34. The van der Waals surface area contributed by atoms with E-state index in [1.807, 2.05) is 6.07 Å². The second-order valence-corrected chi connectivity index (χ2v) is 5.43. The molecule has 1 atom stereocenters. The van der Waals surface area contributed by atoms with Crippen molar-refractivity contribution in [1.29, 1.82) is 0 Å². The number of furan rings is 1. The zero-order chi connectivity index (χ0) is 12.5. The van der Waals surface area contributed by atoms with Gasteiger partial charge in [0, 0.05) is 22.5 Å². The summed E-state index contributed by atoms with van der Waals surface area (Å²) in [5, 5.41) is 0. The number of nitrogens with two attached hydrogens (primary N) is 1. The predicted molar refractivity (Wildman–Crippen MR) is 72.7 cm³/mol. The first-order valence-corrected chi connectivity index (χ1v) is 6.75. The number of ether oxygens (including phenoxy) is 1. The van der Waals surface area contributed by atoms with E-state index in [0.29, 0.717) is 0 Å². The van der Waals surface area contributed by atoms with Crippen LogP contribution in [0.3, 0.4) is 0 Å². The first-order chi connectivity index (χ1) is 8.74. The molecule has 3 nitrogen and oxygen atoms in total. The van der Waals surface area contributed by atoms with Crippen molar-refractivity contribution in [3.8, 4) is 5.75 Å². The summed E-state index contributed by atoms with van der Waals surface area (Å²) in [5.74, 6) is 1.01. The highest BCUT2D eigenvalue weighted by Crippen LogP contribution is 2.35. The lowest BCUT2D eigenvalue weighted by Gasteiger charge is -2.13. The Hall–Kier alpha value is -1.26. The van der Waals surface area contributed by atoms with Gasteiger partial charge in [0.2, 0.25) is 0 Å². The molecule has 1 aromatic heterocycles. The molecule has 94 valence electrons. The third-order valence-electron chi connectivity index (χ3n) is 3.24. The van der Waals surface area contributed by atoms with Gasteiger partial charge in [0.25, 0.3) is 0 Å². The largest absolute Gasteiger partial charge is 0.493 e. The Kier molecular flexibility index (Phi) is 3.14. The van der Waals surface area contributed by atoms with E-state index in [1.54, 1.807) is 12.5 Å². The van der Waals surface area contributed by atoms with Crippen molar-refractivity contribution in [2.24, 2.45) is 5.73 Å². The van der Waals surface area contributed by atoms with Crippen LogP contribution in [0.1, 0.15) is 22.7 Å².